The van der Waals surface area contributed by atoms with Crippen molar-refractivity contribution in [2.75, 3.05) is 23.9 Å². The molecule has 0 saturated heterocycles. The quantitative estimate of drug-likeness (QED) is 0.712. The summed E-state index contributed by atoms with van der Waals surface area (Å²) in [7, 11) is 0. The van der Waals surface area contributed by atoms with Gasteiger partial charge in [-0.1, -0.05) is 13.8 Å². The molecule has 0 saturated carbocycles. The van der Waals surface area contributed by atoms with Crippen molar-refractivity contribution in [2.24, 2.45) is 5.73 Å². The van der Waals surface area contributed by atoms with Crippen LogP contribution in [0.25, 0.3) is 0 Å². The van der Waals surface area contributed by atoms with Crippen LogP contribution in [0.3, 0.4) is 0 Å². The molecule has 0 atom stereocenters. The number of carbonyl (C=O) groups is 1. The lowest BCUT2D eigenvalue weighted by Gasteiger charge is -2.30. The van der Waals surface area contributed by atoms with E-state index in [-0.39, 0.29) is 4.75 Å². The Hall–Kier alpha value is -1.43. The first-order valence-electron chi connectivity index (χ1n) is 6.32. The fourth-order valence-electron chi connectivity index (χ4n) is 1.93. The highest BCUT2D eigenvalue weighted by atomic mass is 32.2. The summed E-state index contributed by atoms with van der Waals surface area (Å²) in [5.74, 6) is -0.208. The SMILES string of the molecule is CCC(CC)(CNc1cnc(N)cc1C(N)=O)SC. The van der Waals surface area contributed by atoms with Crippen LogP contribution in [-0.4, -0.2) is 28.4 Å². The fraction of sp³-hybridized carbons (Fsp3) is 0.538. The summed E-state index contributed by atoms with van der Waals surface area (Å²) < 4.78 is 0.149. The predicted octanol–water partition coefficient (Wildman–Crippen LogP) is 2.10. The smallest absolute Gasteiger partial charge is 0.250 e. The lowest BCUT2D eigenvalue weighted by atomic mass is 10.0. The van der Waals surface area contributed by atoms with Gasteiger partial charge in [-0.05, 0) is 25.2 Å². The Morgan fingerprint density at radius 1 is 1.47 bits per heavy atom. The van der Waals surface area contributed by atoms with Crippen molar-refractivity contribution in [2.45, 2.75) is 31.4 Å². The van der Waals surface area contributed by atoms with Crippen LogP contribution in [0, 0.1) is 0 Å². The van der Waals surface area contributed by atoms with Gasteiger partial charge in [0.2, 0.25) is 0 Å². The molecular weight excluding hydrogens is 260 g/mol. The molecule has 0 fully saturated rings. The third-order valence-corrected chi connectivity index (χ3v) is 5.10. The second-order valence-corrected chi connectivity index (χ2v) is 5.74. The van der Waals surface area contributed by atoms with E-state index in [1.807, 2.05) is 11.8 Å². The summed E-state index contributed by atoms with van der Waals surface area (Å²) in [5.41, 5.74) is 12.0. The number of nitrogen functional groups attached to an aromatic ring is 1. The van der Waals surface area contributed by atoms with Crippen LogP contribution in [0.1, 0.15) is 37.0 Å². The van der Waals surface area contributed by atoms with E-state index >= 15 is 0 Å². The van der Waals surface area contributed by atoms with Gasteiger partial charge in [0.25, 0.3) is 5.91 Å². The standard InChI is InChI=1S/C13H22N4OS/c1-4-13(5-2,19-3)8-17-10-7-16-11(14)6-9(10)12(15)18/h6-7,17H,4-5,8H2,1-3H3,(H2,14,16)(H2,15,18). The van der Waals surface area contributed by atoms with E-state index in [9.17, 15) is 4.79 Å². The minimum absolute atomic E-state index is 0.149. The minimum Gasteiger partial charge on any atom is -0.384 e. The summed E-state index contributed by atoms with van der Waals surface area (Å²) in [6, 6.07) is 1.50. The maximum absolute atomic E-state index is 11.4. The Morgan fingerprint density at radius 3 is 2.58 bits per heavy atom. The second kappa shape index (κ2) is 6.65. The number of hydrogen-bond acceptors (Lipinski definition) is 5. The van der Waals surface area contributed by atoms with E-state index in [0.717, 1.165) is 19.4 Å². The van der Waals surface area contributed by atoms with Gasteiger partial charge >= 0.3 is 0 Å². The number of aromatic nitrogens is 1. The zero-order chi connectivity index (χ0) is 14.5. The van der Waals surface area contributed by atoms with E-state index in [1.54, 1.807) is 6.20 Å². The summed E-state index contributed by atoms with van der Waals surface area (Å²) >= 11 is 1.83. The van der Waals surface area contributed by atoms with Crippen LogP contribution in [0.15, 0.2) is 12.3 Å². The average Bonchev–Trinajstić information content (AvgIpc) is 2.42. The molecule has 0 aromatic carbocycles. The van der Waals surface area contributed by atoms with E-state index in [2.05, 4.69) is 30.4 Å². The number of anilines is 2. The van der Waals surface area contributed by atoms with E-state index in [0.29, 0.717) is 17.1 Å². The lowest BCUT2D eigenvalue weighted by molar-refractivity contribution is 0.100. The highest BCUT2D eigenvalue weighted by Gasteiger charge is 2.25. The first-order valence-corrected chi connectivity index (χ1v) is 7.54. The number of nitrogens with zero attached hydrogens (tertiary/aromatic N) is 1. The molecule has 1 heterocycles. The Morgan fingerprint density at radius 2 is 2.11 bits per heavy atom. The van der Waals surface area contributed by atoms with Crippen LogP contribution in [0.2, 0.25) is 0 Å². The number of nitrogens with one attached hydrogen (secondary N) is 1. The highest BCUT2D eigenvalue weighted by Crippen LogP contribution is 2.31. The third kappa shape index (κ3) is 3.76. The van der Waals surface area contributed by atoms with Crippen LogP contribution in [-0.2, 0) is 0 Å². The number of pyridine rings is 1. The summed E-state index contributed by atoms with van der Waals surface area (Å²) in [6.07, 6.45) is 5.76. The van der Waals surface area contributed by atoms with Gasteiger partial charge in [0.05, 0.1) is 17.4 Å². The Balaban J connectivity index is 2.91. The molecule has 1 rings (SSSR count). The molecule has 0 unspecified atom stereocenters. The largest absolute Gasteiger partial charge is 0.384 e. The van der Waals surface area contributed by atoms with Crippen molar-refractivity contribution in [3.63, 3.8) is 0 Å². The summed E-state index contributed by atoms with van der Waals surface area (Å²) in [6.45, 7) is 5.09. The van der Waals surface area contributed by atoms with Crippen molar-refractivity contribution in [3.05, 3.63) is 17.8 Å². The van der Waals surface area contributed by atoms with Gasteiger partial charge in [0, 0.05) is 11.3 Å². The Labute approximate surface area is 118 Å². The Bertz CT molecular complexity index is 438. The molecular formula is C13H22N4OS. The van der Waals surface area contributed by atoms with Gasteiger partial charge in [-0.15, -0.1) is 0 Å². The van der Waals surface area contributed by atoms with Crippen LogP contribution < -0.4 is 16.8 Å². The first kappa shape index (κ1) is 15.6. The molecule has 1 amide bonds. The Kier molecular flexibility index (Phi) is 5.47. The van der Waals surface area contributed by atoms with Crippen molar-refractivity contribution in [1.29, 1.82) is 0 Å². The van der Waals surface area contributed by atoms with Crippen LogP contribution in [0.5, 0.6) is 0 Å². The molecule has 0 aliphatic carbocycles. The van der Waals surface area contributed by atoms with Crippen molar-refractivity contribution >= 4 is 29.2 Å². The van der Waals surface area contributed by atoms with Crippen LogP contribution in [0.4, 0.5) is 11.5 Å². The average molecular weight is 282 g/mol. The lowest BCUT2D eigenvalue weighted by Crippen LogP contribution is -2.32. The van der Waals surface area contributed by atoms with Gasteiger partial charge in [-0.25, -0.2) is 4.98 Å². The van der Waals surface area contributed by atoms with Gasteiger partial charge in [0.15, 0.2) is 0 Å². The molecule has 1 aromatic rings. The number of amides is 1. The first-order chi connectivity index (χ1) is 8.98. The number of rotatable bonds is 7. The highest BCUT2D eigenvalue weighted by molar-refractivity contribution is 8.00. The van der Waals surface area contributed by atoms with Crippen molar-refractivity contribution in [1.82, 2.24) is 4.98 Å². The summed E-state index contributed by atoms with van der Waals surface area (Å²) in [5, 5.41) is 3.28. The van der Waals surface area contributed by atoms with Gasteiger partial charge in [0.1, 0.15) is 5.82 Å². The number of nitrogens with two attached hydrogens (primary N) is 2. The molecule has 0 aliphatic heterocycles. The maximum Gasteiger partial charge on any atom is 0.250 e. The molecule has 1 aromatic heterocycles. The van der Waals surface area contributed by atoms with Crippen LogP contribution >= 0.6 is 11.8 Å². The third-order valence-electron chi connectivity index (χ3n) is 3.51. The summed E-state index contributed by atoms with van der Waals surface area (Å²) in [4.78, 5) is 15.4. The molecule has 19 heavy (non-hydrogen) atoms. The molecule has 106 valence electrons. The monoisotopic (exact) mass is 282 g/mol. The molecule has 0 bridgehead atoms. The minimum atomic E-state index is -0.501. The van der Waals surface area contributed by atoms with Gasteiger partial charge in [-0.2, -0.15) is 11.8 Å². The molecule has 6 heteroatoms. The molecule has 0 radical (unpaired) electrons. The molecule has 0 aliphatic rings. The van der Waals surface area contributed by atoms with Gasteiger partial charge < -0.3 is 16.8 Å². The maximum atomic E-state index is 11.4. The fourth-order valence-corrected chi connectivity index (χ4v) is 2.73. The zero-order valence-corrected chi connectivity index (χ0v) is 12.5. The normalized spacial score (nSPS) is 11.3. The number of carbonyl (C=O) groups excluding carboxylic acids is 1. The molecule has 5 N–H and O–H groups in total. The number of primary amides is 1. The zero-order valence-electron chi connectivity index (χ0n) is 11.7. The molecule has 0 spiro atoms. The van der Waals surface area contributed by atoms with Gasteiger partial charge in [-0.3, -0.25) is 4.79 Å². The number of hydrogen-bond donors (Lipinski definition) is 3. The van der Waals surface area contributed by atoms with Crippen molar-refractivity contribution < 1.29 is 4.79 Å². The topological polar surface area (TPSA) is 94.0 Å². The second-order valence-electron chi connectivity index (χ2n) is 4.47. The van der Waals surface area contributed by atoms with E-state index in [4.69, 9.17) is 11.5 Å². The van der Waals surface area contributed by atoms with E-state index in [1.165, 1.54) is 6.07 Å². The van der Waals surface area contributed by atoms with E-state index < -0.39 is 5.91 Å². The predicted molar refractivity (Wildman–Crippen MR) is 82.5 cm³/mol. The molecule has 5 nitrogen and oxygen atoms in total. The number of thioether (sulfide) groups is 1. The van der Waals surface area contributed by atoms with Crippen molar-refractivity contribution in [3.8, 4) is 0 Å².